The molecule has 1 fully saturated rings. The van der Waals surface area contributed by atoms with Crippen LogP contribution in [0.4, 0.5) is 0 Å². The van der Waals surface area contributed by atoms with Gasteiger partial charge in [-0.1, -0.05) is 41.0 Å². The molecule has 0 aliphatic heterocycles. The predicted molar refractivity (Wildman–Crippen MR) is 63.9 cm³/mol. The highest BCUT2D eigenvalue weighted by Gasteiger charge is 2.29. The van der Waals surface area contributed by atoms with Crippen molar-refractivity contribution in [3.63, 3.8) is 0 Å². The third-order valence-electron chi connectivity index (χ3n) is 3.92. The van der Waals surface area contributed by atoms with Crippen LogP contribution in [0.25, 0.3) is 0 Å². The van der Waals surface area contributed by atoms with Gasteiger partial charge in [-0.2, -0.15) is 0 Å². The lowest BCUT2D eigenvalue weighted by atomic mass is 9.94. The first-order valence-corrected chi connectivity index (χ1v) is 6.06. The highest BCUT2D eigenvalue weighted by atomic mass is 14.3. The number of allylic oxidation sites excluding steroid dienone is 2. The minimum Gasteiger partial charge on any atom is -0.0704 e. The lowest BCUT2D eigenvalue weighted by Gasteiger charge is -2.12. The van der Waals surface area contributed by atoms with E-state index < -0.39 is 0 Å². The molecule has 2 bridgehead atoms. The molecule has 1 atom stereocenters. The van der Waals surface area contributed by atoms with Crippen molar-refractivity contribution in [2.75, 3.05) is 0 Å². The summed E-state index contributed by atoms with van der Waals surface area (Å²) in [5, 5.41) is 0. The Labute approximate surface area is 92.0 Å². The molecule has 0 spiro atoms. The zero-order valence-corrected chi connectivity index (χ0v) is 9.42. The van der Waals surface area contributed by atoms with E-state index in [0.29, 0.717) is 0 Å². The zero-order chi connectivity index (χ0) is 10.3. The summed E-state index contributed by atoms with van der Waals surface area (Å²) in [6.07, 6.45) is 6.89. The van der Waals surface area contributed by atoms with E-state index in [0.717, 1.165) is 5.92 Å². The van der Waals surface area contributed by atoms with Crippen LogP contribution in [0.15, 0.2) is 35.4 Å². The molecule has 1 unspecified atom stereocenters. The molecule has 1 saturated carbocycles. The van der Waals surface area contributed by atoms with Gasteiger partial charge in [-0.05, 0) is 50.5 Å². The molecule has 3 rings (SSSR count). The van der Waals surface area contributed by atoms with Crippen molar-refractivity contribution < 1.29 is 0 Å². The van der Waals surface area contributed by atoms with Crippen molar-refractivity contribution in [2.24, 2.45) is 5.92 Å². The van der Waals surface area contributed by atoms with Crippen LogP contribution in [-0.4, -0.2) is 0 Å². The first-order chi connectivity index (χ1) is 7.31. The first-order valence-electron chi connectivity index (χ1n) is 6.06. The molecular formula is C15H18. The molecule has 78 valence electrons. The molecular weight excluding hydrogens is 180 g/mol. The van der Waals surface area contributed by atoms with Crippen molar-refractivity contribution in [3.8, 4) is 0 Å². The van der Waals surface area contributed by atoms with E-state index in [2.05, 4.69) is 31.2 Å². The lowest BCUT2D eigenvalue weighted by molar-refractivity contribution is 0.558. The molecule has 0 aromatic heterocycles. The Hall–Kier alpha value is -1.04. The topological polar surface area (TPSA) is 0 Å². The van der Waals surface area contributed by atoms with Crippen molar-refractivity contribution in [2.45, 2.75) is 39.0 Å². The molecule has 2 aliphatic rings. The summed E-state index contributed by atoms with van der Waals surface area (Å²) in [6.45, 7) is 2.18. The highest BCUT2D eigenvalue weighted by Crippen LogP contribution is 2.44. The average Bonchev–Trinajstić information content (AvgIpc) is 2.79. The highest BCUT2D eigenvalue weighted by molar-refractivity contribution is 5.33. The second-order valence-corrected chi connectivity index (χ2v) is 5.19. The van der Waals surface area contributed by atoms with Crippen LogP contribution in [0, 0.1) is 12.8 Å². The van der Waals surface area contributed by atoms with Gasteiger partial charge in [-0.15, -0.1) is 0 Å². The summed E-state index contributed by atoms with van der Waals surface area (Å²) in [7, 11) is 0. The van der Waals surface area contributed by atoms with Crippen LogP contribution in [0.2, 0.25) is 0 Å². The fourth-order valence-corrected chi connectivity index (χ4v) is 3.18. The normalized spacial score (nSPS) is 23.9. The van der Waals surface area contributed by atoms with E-state index >= 15 is 0 Å². The first kappa shape index (κ1) is 9.21. The van der Waals surface area contributed by atoms with Gasteiger partial charge in [-0.3, -0.25) is 0 Å². The minimum absolute atomic E-state index is 1.01. The van der Waals surface area contributed by atoms with Crippen molar-refractivity contribution in [1.82, 2.24) is 0 Å². The molecule has 0 N–H and O–H groups in total. The maximum atomic E-state index is 2.33. The van der Waals surface area contributed by atoms with Crippen LogP contribution >= 0.6 is 0 Å². The number of hydrogen-bond donors (Lipinski definition) is 0. The van der Waals surface area contributed by atoms with Crippen LogP contribution in [0.3, 0.4) is 0 Å². The minimum atomic E-state index is 1.01. The summed E-state index contributed by atoms with van der Waals surface area (Å²) in [5.74, 6) is 1.01. The maximum Gasteiger partial charge on any atom is -0.00642 e. The number of aryl methyl sites for hydroxylation is 1. The third-order valence-corrected chi connectivity index (χ3v) is 3.92. The summed E-state index contributed by atoms with van der Waals surface area (Å²) in [5.41, 5.74) is 6.45. The average molecular weight is 198 g/mol. The maximum absolute atomic E-state index is 2.33. The number of benzene rings is 1. The molecule has 15 heavy (non-hydrogen) atoms. The van der Waals surface area contributed by atoms with E-state index in [1.54, 1.807) is 11.1 Å². The van der Waals surface area contributed by atoms with E-state index in [1.165, 1.54) is 43.2 Å². The zero-order valence-electron chi connectivity index (χ0n) is 9.42. The largest absolute Gasteiger partial charge is 0.0704 e. The van der Waals surface area contributed by atoms with Crippen molar-refractivity contribution in [3.05, 3.63) is 46.5 Å². The van der Waals surface area contributed by atoms with Gasteiger partial charge in [0.05, 0.1) is 0 Å². The van der Waals surface area contributed by atoms with E-state index in [9.17, 15) is 0 Å². The van der Waals surface area contributed by atoms with Gasteiger partial charge in [0.25, 0.3) is 0 Å². The molecule has 0 heteroatoms. The molecule has 1 aromatic carbocycles. The Morgan fingerprint density at radius 2 is 2.20 bits per heavy atom. The van der Waals surface area contributed by atoms with Gasteiger partial charge in [0.15, 0.2) is 0 Å². The van der Waals surface area contributed by atoms with E-state index in [-0.39, 0.29) is 0 Å². The smallest absolute Gasteiger partial charge is 0.00642 e. The molecule has 0 saturated heterocycles. The second-order valence-electron chi connectivity index (χ2n) is 5.19. The van der Waals surface area contributed by atoms with Crippen LogP contribution in [0.5, 0.6) is 0 Å². The van der Waals surface area contributed by atoms with Crippen molar-refractivity contribution in [1.29, 1.82) is 0 Å². The standard InChI is InChI=1S/C15H18/c1-11-3-2-4-12(7-11)9-15-10-13-5-6-14(15)8-13/h2-4,7,13H,5-6,8-10H2,1H3. The fraction of sp³-hybridized carbons (Fsp3) is 0.467. The Kier molecular flexibility index (Phi) is 2.16. The van der Waals surface area contributed by atoms with Crippen LogP contribution in [0.1, 0.15) is 36.8 Å². The second kappa shape index (κ2) is 3.52. The molecule has 0 radical (unpaired) electrons. The molecule has 0 heterocycles. The van der Waals surface area contributed by atoms with E-state index in [4.69, 9.17) is 0 Å². The summed E-state index contributed by atoms with van der Waals surface area (Å²) >= 11 is 0. The summed E-state index contributed by atoms with van der Waals surface area (Å²) < 4.78 is 0. The Morgan fingerprint density at radius 1 is 1.27 bits per heavy atom. The molecule has 0 amide bonds. The lowest BCUT2D eigenvalue weighted by Crippen LogP contribution is -1.97. The Morgan fingerprint density at radius 3 is 2.87 bits per heavy atom. The van der Waals surface area contributed by atoms with Crippen molar-refractivity contribution >= 4 is 0 Å². The van der Waals surface area contributed by atoms with Gasteiger partial charge in [0, 0.05) is 0 Å². The predicted octanol–water partition coefficient (Wildman–Crippen LogP) is 4.04. The SMILES string of the molecule is Cc1cccc(CC2=C3CCC(C3)C2)c1. The molecule has 2 aliphatic carbocycles. The summed E-state index contributed by atoms with van der Waals surface area (Å²) in [6, 6.07) is 8.97. The van der Waals surface area contributed by atoms with Gasteiger partial charge < -0.3 is 0 Å². The number of hydrogen-bond acceptors (Lipinski definition) is 0. The summed E-state index contributed by atoms with van der Waals surface area (Å²) in [4.78, 5) is 0. The number of fused-ring (bicyclic) bond motifs is 2. The third kappa shape index (κ3) is 1.73. The molecule has 0 nitrogen and oxygen atoms in total. The van der Waals surface area contributed by atoms with Gasteiger partial charge in [0.1, 0.15) is 0 Å². The number of rotatable bonds is 2. The monoisotopic (exact) mass is 198 g/mol. The van der Waals surface area contributed by atoms with Gasteiger partial charge in [-0.25, -0.2) is 0 Å². The molecule has 1 aromatic rings. The fourth-order valence-electron chi connectivity index (χ4n) is 3.18. The van der Waals surface area contributed by atoms with Gasteiger partial charge in [0.2, 0.25) is 0 Å². The van der Waals surface area contributed by atoms with E-state index in [1.807, 2.05) is 0 Å². The quantitative estimate of drug-likeness (QED) is 0.629. The Bertz CT molecular complexity index is 412. The Balaban J connectivity index is 1.81. The van der Waals surface area contributed by atoms with Gasteiger partial charge >= 0.3 is 0 Å². The van der Waals surface area contributed by atoms with Crippen LogP contribution in [-0.2, 0) is 6.42 Å². The van der Waals surface area contributed by atoms with Crippen LogP contribution < -0.4 is 0 Å².